The predicted molar refractivity (Wildman–Crippen MR) is 97.7 cm³/mol. The maximum atomic E-state index is 13.2. The number of anilines is 2. The van der Waals surface area contributed by atoms with E-state index < -0.39 is 20.6 Å². The van der Waals surface area contributed by atoms with E-state index in [9.17, 15) is 13.2 Å². The lowest BCUT2D eigenvalue weighted by Gasteiger charge is -2.38. The monoisotopic (exact) mass is 352 g/mol. The first-order valence-electron chi connectivity index (χ1n) is 7.87. The zero-order chi connectivity index (χ0) is 17.8. The number of Topliss-reactive ketones (excluding diaryl/α,β-unsaturated/α-hetero) is 1. The van der Waals surface area contributed by atoms with Crippen molar-refractivity contribution in [1.82, 2.24) is 4.98 Å². The van der Waals surface area contributed by atoms with Gasteiger partial charge < -0.3 is 0 Å². The second-order valence-electron chi connectivity index (χ2n) is 6.51. The Hall–Kier alpha value is -2.73. The highest BCUT2D eigenvalue weighted by Crippen LogP contribution is 2.43. The summed E-state index contributed by atoms with van der Waals surface area (Å²) in [5, 5.41) is 0.836. The second-order valence-corrected chi connectivity index (χ2v) is 8.85. The molecular weight excluding hydrogens is 336 g/mol. The van der Waals surface area contributed by atoms with Gasteiger partial charge in [-0.1, -0.05) is 30.3 Å². The van der Waals surface area contributed by atoms with Crippen molar-refractivity contribution in [2.24, 2.45) is 0 Å². The Kier molecular flexibility index (Phi) is 3.24. The van der Waals surface area contributed by atoms with Crippen molar-refractivity contribution in [3.8, 4) is 0 Å². The number of rotatable bonds is 1. The van der Waals surface area contributed by atoms with Crippen LogP contribution in [0.5, 0.6) is 0 Å². The van der Waals surface area contributed by atoms with Gasteiger partial charge >= 0.3 is 0 Å². The minimum atomic E-state index is -3.94. The highest BCUT2D eigenvalue weighted by molar-refractivity contribution is 7.95. The summed E-state index contributed by atoms with van der Waals surface area (Å²) in [6.45, 7) is 2.89. The van der Waals surface area contributed by atoms with Gasteiger partial charge in [0.25, 0.3) is 10.0 Å². The van der Waals surface area contributed by atoms with Crippen LogP contribution < -0.4 is 4.31 Å². The Labute approximate surface area is 146 Å². The Morgan fingerprint density at radius 2 is 1.68 bits per heavy atom. The third-order valence-electron chi connectivity index (χ3n) is 4.61. The number of pyridine rings is 1. The first kappa shape index (κ1) is 15.8. The molecule has 0 amide bonds. The predicted octanol–water partition coefficient (Wildman–Crippen LogP) is 3.68. The summed E-state index contributed by atoms with van der Waals surface area (Å²) >= 11 is 0. The molecule has 2 aromatic carbocycles. The highest BCUT2D eigenvalue weighted by Gasteiger charge is 2.51. The Balaban J connectivity index is 2.04. The van der Waals surface area contributed by atoms with Crippen LogP contribution in [0.4, 0.5) is 11.4 Å². The summed E-state index contributed by atoms with van der Waals surface area (Å²) in [5.74, 6) is -0.395. The van der Waals surface area contributed by atoms with Crippen molar-refractivity contribution in [3.63, 3.8) is 0 Å². The summed E-state index contributed by atoms with van der Waals surface area (Å²) in [6.07, 6.45) is 1.53. The summed E-state index contributed by atoms with van der Waals surface area (Å²) in [5.41, 5.74) is 1.97. The van der Waals surface area contributed by atoms with Crippen LogP contribution in [0.15, 0.2) is 60.8 Å². The Morgan fingerprint density at radius 3 is 2.48 bits per heavy atom. The van der Waals surface area contributed by atoms with Gasteiger partial charge in [-0.25, -0.2) is 12.7 Å². The van der Waals surface area contributed by atoms with Crippen molar-refractivity contribution in [2.75, 3.05) is 4.31 Å². The van der Waals surface area contributed by atoms with Gasteiger partial charge in [0.1, 0.15) is 4.75 Å². The molecule has 0 saturated heterocycles. The van der Waals surface area contributed by atoms with Crippen LogP contribution in [0.2, 0.25) is 0 Å². The molecule has 0 spiro atoms. The van der Waals surface area contributed by atoms with E-state index in [1.165, 1.54) is 24.3 Å². The van der Waals surface area contributed by atoms with E-state index in [4.69, 9.17) is 0 Å². The number of hydrogen-bond donors (Lipinski definition) is 0. The van der Waals surface area contributed by atoms with E-state index in [1.54, 1.807) is 30.3 Å². The second kappa shape index (κ2) is 5.13. The summed E-state index contributed by atoms with van der Waals surface area (Å²) in [7, 11) is -3.94. The highest BCUT2D eigenvalue weighted by atomic mass is 32.2. The van der Waals surface area contributed by atoms with Crippen LogP contribution in [0.25, 0.3) is 10.9 Å². The molecule has 0 atom stereocenters. The number of aromatic nitrogens is 1. The van der Waals surface area contributed by atoms with Crippen molar-refractivity contribution in [1.29, 1.82) is 0 Å². The van der Waals surface area contributed by atoms with Gasteiger partial charge in [0.15, 0.2) is 5.78 Å². The molecule has 1 aliphatic heterocycles. The molecule has 0 fully saturated rings. The minimum Gasteiger partial charge on any atom is -0.292 e. The fourth-order valence-corrected chi connectivity index (χ4v) is 4.69. The van der Waals surface area contributed by atoms with E-state index in [0.29, 0.717) is 16.9 Å². The third kappa shape index (κ3) is 2.10. The summed E-state index contributed by atoms with van der Waals surface area (Å²) in [4.78, 5) is 17.1. The van der Waals surface area contributed by atoms with Gasteiger partial charge in [0.2, 0.25) is 0 Å². The number of benzene rings is 2. The first-order valence-corrected chi connectivity index (χ1v) is 9.31. The molecule has 0 bridgehead atoms. The molecule has 126 valence electrons. The SMILES string of the molecule is CC1(C)C(=O)c2ccccc2N(c2cnc3ccccc3c2)S1(=O)=O. The molecule has 1 aromatic heterocycles. The van der Waals surface area contributed by atoms with Crippen LogP contribution in [0.3, 0.4) is 0 Å². The van der Waals surface area contributed by atoms with Crippen molar-refractivity contribution < 1.29 is 13.2 Å². The smallest absolute Gasteiger partial charge is 0.252 e. The molecular formula is C19H16N2O3S. The average molecular weight is 352 g/mol. The molecule has 0 unspecified atom stereocenters. The lowest BCUT2D eigenvalue weighted by molar-refractivity contribution is 0.0952. The molecule has 0 aliphatic carbocycles. The quantitative estimate of drug-likeness (QED) is 0.670. The molecule has 0 radical (unpaired) electrons. The maximum Gasteiger partial charge on any atom is 0.252 e. The summed E-state index contributed by atoms with van der Waals surface area (Å²) in [6, 6.07) is 16.1. The lowest BCUT2D eigenvalue weighted by Crippen LogP contribution is -2.52. The Morgan fingerprint density at radius 1 is 1.00 bits per heavy atom. The van der Waals surface area contributed by atoms with Crippen LogP contribution in [0.1, 0.15) is 24.2 Å². The molecule has 1 aliphatic rings. The van der Waals surface area contributed by atoms with Gasteiger partial charge in [-0.15, -0.1) is 0 Å². The van der Waals surface area contributed by atoms with Gasteiger partial charge in [0.05, 0.1) is 23.1 Å². The van der Waals surface area contributed by atoms with E-state index >= 15 is 0 Å². The van der Waals surface area contributed by atoms with Gasteiger partial charge in [-0.3, -0.25) is 9.78 Å². The molecule has 2 heterocycles. The van der Waals surface area contributed by atoms with Gasteiger partial charge in [0, 0.05) is 10.9 Å². The third-order valence-corrected chi connectivity index (χ3v) is 6.97. The molecule has 5 nitrogen and oxygen atoms in total. The van der Waals surface area contributed by atoms with Crippen LogP contribution in [-0.4, -0.2) is 23.9 Å². The van der Waals surface area contributed by atoms with E-state index in [1.807, 2.05) is 24.3 Å². The Bertz CT molecular complexity index is 1120. The molecule has 3 aromatic rings. The minimum absolute atomic E-state index is 0.365. The number of ketones is 1. The number of carbonyl (C=O) groups is 1. The van der Waals surface area contributed by atoms with Crippen LogP contribution in [-0.2, 0) is 10.0 Å². The lowest BCUT2D eigenvalue weighted by atomic mass is 9.98. The summed E-state index contributed by atoms with van der Waals surface area (Å²) < 4.78 is 26.1. The zero-order valence-corrected chi connectivity index (χ0v) is 14.6. The zero-order valence-electron chi connectivity index (χ0n) is 13.8. The van der Waals surface area contributed by atoms with E-state index in [-0.39, 0.29) is 0 Å². The van der Waals surface area contributed by atoms with Gasteiger partial charge in [-0.05, 0) is 38.1 Å². The normalized spacial score (nSPS) is 18.2. The number of hydrogen-bond acceptors (Lipinski definition) is 4. The first-order chi connectivity index (χ1) is 11.8. The van der Waals surface area contributed by atoms with Crippen LogP contribution >= 0.6 is 0 Å². The molecule has 6 heteroatoms. The number of nitrogens with zero attached hydrogens (tertiary/aromatic N) is 2. The molecule has 4 rings (SSSR count). The van der Waals surface area contributed by atoms with E-state index in [0.717, 1.165) is 10.9 Å². The molecule has 25 heavy (non-hydrogen) atoms. The number of sulfonamides is 1. The number of fused-ring (bicyclic) bond motifs is 2. The average Bonchev–Trinajstić information content (AvgIpc) is 2.60. The fourth-order valence-electron chi connectivity index (χ4n) is 3.09. The molecule has 0 saturated carbocycles. The fraction of sp³-hybridized carbons (Fsp3) is 0.158. The molecule has 0 N–H and O–H groups in total. The number of para-hydroxylation sites is 2. The van der Waals surface area contributed by atoms with Crippen molar-refractivity contribution >= 4 is 38.1 Å². The standard InChI is InChI=1S/C19H16N2O3S/c1-19(2)18(22)15-8-4-6-10-17(15)21(25(19,23)24)14-11-13-7-3-5-9-16(13)20-12-14/h3-12H,1-2H3. The van der Waals surface area contributed by atoms with Crippen LogP contribution in [0, 0.1) is 0 Å². The number of carbonyl (C=O) groups excluding carboxylic acids is 1. The van der Waals surface area contributed by atoms with Crippen molar-refractivity contribution in [3.05, 3.63) is 66.4 Å². The topological polar surface area (TPSA) is 67.3 Å². The van der Waals surface area contributed by atoms with Crippen molar-refractivity contribution in [2.45, 2.75) is 18.6 Å². The largest absolute Gasteiger partial charge is 0.292 e. The van der Waals surface area contributed by atoms with E-state index in [2.05, 4.69) is 4.98 Å². The maximum absolute atomic E-state index is 13.2. The van der Waals surface area contributed by atoms with Gasteiger partial charge in [-0.2, -0.15) is 0 Å².